The number of nitrogens with zero attached hydrogens (tertiary/aromatic N) is 2. The van der Waals surface area contributed by atoms with Crippen LogP contribution in [-0.2, 0) is 0 Å². The molecule has 1 aromatic heterocycles. The number of nitrogens with two attached hydrogens (primary N) is 1. The minimum Gasteiger partial charge on any atom is -0.326 e. The highest BCUT2D eigenvalue weighted by Crippen LogP contribution is 2.26. The highest BCUT2D eigenvalue weighted by molar-refractivity contribution is 5.17. The lowest BCUT2D eigenvalue weighted by atomic mass is 9.92. The number of aromatic nitrogens is 1. The predicted octanol–water partition coefficient (Wildman–Crippen LogP) is 2.84. The first-order chi connectivity index (χ1) is 8.35. The molecule has 1 rings (SSSR count). The van der Waals surface area contributed by atoms with E-state index in [1.165, 1.54) is 5.56 Å². The van der Waals surface area contributed by atoms with E-state index in [0.29, 0.717) is 0 Å². The van der Waals surface area contributed by atoms with E-state index in [2.05, 4.69) is 56.8 Å². The second kappa shape index (κ2) is 6.30. The number of rotatable bonds is 5. The van der Waals surface area contributed by atoms with Gasteiger partial charge in [0.2, 0.25) is 0 Å². The molecule has 0 aliphatic rings. The van der Waals surface area contributed by atoms with E-state index >= 15 is 0 Å². The summed E-state index contributed by atoms with van der Waals surface area (Å²) in [5.74, 6) is 0. The molecule has 2 N–H and O–H groups in total. The van der Waals surface area contributed by atoms with Gasteiger partial charge in [-0.3, -0.25) is 9.88 Å². The van der Waals surface area contributed by atoms with Crippen LogP contribution in [0, 0.1) is 5.41 Å². The summed E-state index contributed by atoms with van der Waals surface area (Å²) in [4.78, 5) is 6.45. The third-order valence-electron chi connectivity index (χ3n) is 3.12. The van der Waals surface area contributed by atoms with Gasteiger partial charge in [-0.05, 0) is 36.6 Å². The normalized spacial score (nSPS) is 15.7. The minimum atomic E-state index is 0.153. The maximum absolute atomic E-state index is 6.31. The molecule has 0 aromatic carbocycles. The summed E-state index contributed by atoms with van der Waals surface area (Å²) in [6.07, 6.45) is 4.66. The summed E-state index contributed by atoms with van der Waals surface area (Å²) >= 11 is 0. The number of hydrogen-bond acceptors (Lipinski definition) is 3. The molecule has 1 aromatic rings. The van der Waals surface area contributed by atoms with E-state index in [-0.39, 0.29) is 17.5 Å². The third kappa shape index (κ3) is 4.39. The molecule has 1 heterocycles. The van der Waals surface area contributed by atoms with Crippen molar-refractivity contribution in [1.82, 2.24) is 9.88 Å². The summed E-state index contributed by atoms with van der Waals surface area (Å²) in [6, 6.07) is 4.55. The van der Waals surface area contributed by atoms with E-state index < -0.39 is 0 Å². The summed E-state index contributed by atoms with van der Waals surface area (Å²) in [6.45, 7) is 9.93. The molecule has 0 saturated heterocycles. The molecule has 0 aliphatic carbocycles. The first-order valence-electron chi connectivity index (χ1n) is 6.71. The Hall–Kier alpha value is -0.930. The van der Waals surface area contributed by atoms with E-state index in [0.717, 1.165) is 13.0 Å². The quantitative estimate of drug-likeness (QED) is 0.872. The van der Waals surface area contributed by atoms with Crippen molar-refractivity contribution in [2.45, 2.75) is 46.2 Å². The van der Waals surface area contributed by atoms with E-state index in [9.17, 15) is 0 Å². The molecule has 0 radical (unpaired) electrons. The van der Waals surface area contributed by atoms with Crippen LogP contribution in [0.15, 0.2) is 24.5 Å². The molecule has 0 spiro atoms. The molecule has 0 fully saturated rings. The summed E-state index contributed by atoms with van der Waals surface area (Å²) in [5.41, 5.74) is 7.83. The SMILES string of the molecule is CCC(N)C(c1ccncc1)N(C)CC(C)(C)C. The van der Waals surface area contributed by atoms with Crippen LogP contribution in [0.5, 0.6) is 0 Å². The van der Waals surface area contributed by atoms with Crippen molar-refractivity contribution >= 4 is 0 Å². The van der Waals surface area contributed by atoms with Crippen LogP contribution >= 0.6 is 0 Å². The van der Waals surface area contributed by atoms with Gasteiger partial charge in [0, 0.05) is 31.0 Å². The minimum absolute atomic E-state index is 0.153. The Morgan fingerprint density at radius 1 is 1.28 bits per heavy atom. The Morgan fingerprint density at radius 3 is 2.28 bits per heavy atom. The van der Waals surface area contributed by atoms with Crippen molar-refractivity contribution in [1.29, 1.82) is 0 Å². The summed E-state index contributed by atoms with van der Waals surface area (Å²) in [7, 11) is 2.16. The van der Waals surface area contributed by atoms with E-state index in [1.54, 1.807) is 0 Å². The van der Waals surface area contributed by atoms with Crippen LogP contribution in [0.3, 0.4) is 0 Å². The van der Waals surface area contributed by atoms with Gasteiger partial charge in [-0.2, -0.15) is 0 Å². The second-order valence-electron chi connectivity index (χ2n) is 6.27. The van der Waals surface area contributed by atoms with Crippen LogP contribution < -0.4 is 5.73 Å². The maximum Gasteiger partial charge on any atom is 0.0497 e. The monoisotopic (exact) mass is 249 g/mol. The van der Waals surface area contributed by atoms with Crippen molar-refractivity contribution in [3.63, 3.8) is 0 Å². The fourth-order valence-corrected chi connectivity index (χ4v) is 2.46. The third-order valence-corrected chi connectivity index (χ3v) is 3.12. The first-order valence-corrected chi connectivity index (χ1v) is 6.71. The van der Waals surface area contributed by atoms with Gasteiger partial charge in [-0.15, -0.1) is 0 Å². The molecule has 2 atom stereocenters. The number of pyridine rings is 1. The van der Waals surface area contributed by atoms with Gasteiger partial charge in [0.25, 0.3) is 0 Å². The van der Waals surface area contributed by atoms with Gasteiger partial charge < -0.3 is 5.73 Å². The molecule has 0 amide bonds. The fourth-order valence-electron chi connectivity index (χ4n) is 2.46. The summed E-state index contributed by atoms with van der Waals surface area (Å²) < 4.78 is 0. The lowest BCUT2D eigenvalue weighted by Crippen LogP contribution is -2.42. The van der Waals surface area contributed by atoms with Gasteiger partial charge in [0.1, 0.15) is 0 Å². The Morgan fingerprint density at radius 2 is 1.83 bits per heavy atom. The van der Waals surface area contributed by atoms with Crippen molar-refractivity contribution in [3.8, 4) is 0 Å². The van der Waals surface area contributed by atoms with E-state index in [1.807, 2.05) is 12.4 Å². The van der Waals surface area contributed by atoms with Crippen LogP contribution in [0.1, 0.15) is 45.7 Å². The zero-order valence-electron chi connectivity index (χ0n) is 12.4. The molecular weight excluding hydrogens is 222 g/mol. The van der Waals surface area contributed by atoms with Gasteiger partial charge in [-0.1, -0.05) is 27.7 Å². The lowest BCUT2D eigenvalue weighted by molar-refractivity contribution is 0.151. The zero-order valence-corrected chi connectivity index (χ0v) is 12.4. The molecule has 0 aliphatic heterocycles. The molecule has 0 saturated carbocycles. The molecule has 3 nitrogen and oxygen atoms in total. The van der Waals surface area contributed by atoms with Gasteiger partial charge in [0.05, 0.1) is 0 Å². The van der Waals surface area contributed by atoms with Crippen molar-refractivity contribution in [2.75, 3.05) is 13.6 Å². The first kappa shape index (κ1) is 15.1. The Balaban J connectivity index is 2.92. The fraction of sp³-hybridized carbons (Fsp3) is 0.667. The standard InChI is InChI=1S/C15H27N3/c1-6-13(16)14(12-7-9-17-10-8-12)18(5)11-15(2,3)4/h7-10,13-14H,6,11,16H2,1-5H3. The van der Waals surface area contributed by atoms with Crippen LogP contribution in [0.2, 0.25) is 0 Å². The topological polar surface area (TPSA) is 42.1 Å². The predicted molar refractivity (Wildman–Crippen MR) is 77.3 cm³/mol. The van der Waals surface area contributed by atoms with Crippen molar-refractivity contribution < 1.29 is 0 Å². The van der Waals surface area contributed by atoms with Crippen molar-refractivity contribution in [3.05, 3.63) is 30.1 Å². The second-order valence-corrected chi connectivity index (χ2v) is 6.27. The average molecular weight is 249 g/mol. The Bertz CT molecular complexity index is 343. The van der Waals surface area contributed by atoms with Gasteiger partial charge in [-0.25, -0.2) is 0 Å². The van der Waals surface area contributed by atoms with Crippen LogP contribution in [0.25, 0.3) is 0 Å². The Kier molecular flexibility index (Phi) is 5.29. The maximum atomic E-state index is 6.31. The molecule has 102 valence electrons. The Labute approximate surface area is 111 Å². The molecule has 18 heavy (non-hydrogen) atoms. The van der Waals surface area contributed by atoms with Gasteiger partial charge in [0.15, 0.2) is 0 Å². The highest BCUT2D eigenvalue weighted by atomic mass is 15.2. The molecule has 2 unspecified atom stereocenters. The van der Waals surface area contributed by atoms with Crippen LogP contribution in [-0.4, -0.2) is 29.5 Å². The van der Waals surface area contributed by atoms with Crippen molar-refractivity contribution in [2.24, 2.45) is 11.1 Å². The molecular formula is C15H27N3. The molecule has 3 heteroatoms. The highest BCUT2D eigenvalue weighted by Gasteiger charge is 2.26. The number of hydrogen-bond donors (Lipinski definition) is 1. The van der Waals surface area contributed by atoms with E-state index in [4.69, 9.17) is 5.73 Å². The largest absolute Gasteiger partial charge is 0.326 e. The smallest absolute Gasteiger partial charge is 0.0497 e. The van der Waals surface area contributed by atoms with Gasteiger partial charge >= 0.3 is 0 Å². The summed E-state index contributed by atoms with van der Waals surface area (Å²) in [5, 5.41) is 0. The zero-order chi connectivity index (χ0) is 13.8. The average Bonchev–Trinajstić information content (AvgIpc) is 2.28. The van der Waals surface area contributed by atoms with Crippen LogP contribution in [0.4, 0.5) is 0 Å². The number of likely N-dealkylation sites (N-methyl/N-ethyl adjacent to an activating group) is 1. The lowest BCUT2D eigenvalue weighted by Gasteiger charge is -2.36. The molecule has 0 bridgehead atoms.